The van der Waals surface area contributed by atoms with Crippen LogP contribution in [0.5, 0.6) is 0 Å². The van der Waals surface area contributed by atoms with Crippen molar-refractivity contribution in [2.24, 2.45) is 13.0 Å². The van der Waals surface area contributed by atoms with Gasteiger partial charge in [-0.25, -0.2) is 0 Å². The molecule has 0 spiro atoms. The van der Waals surface area contributed by atoms with Crippen molar-refractivity contribution < 1.29 is 9.21 Å². The maximum atomic E-state index is 12.1. The minimum atomic E-state index is 0.110. The van der Waals surface area contributed by atoms with Crippen LogP contribution in [0.15, 0.2) is 22.7 Å². The van der Waals surface area contributed by atoms with E-state index in [0.29, 0.717) is 18.9 Å². The molecule has 0 saturated carbocycles. The Labute approximate surface area is 155 Å². The first-order chi connectivity index (χ1) is 12.5. The van der Waals surface area contributed by atoms with Crippen LogP contribution in [-0.2, 0) is 24.9 Å². The van der Waals surface area contributed by atoms with Crippen molar-refractivity contribution in [2.75, 3.05) is 13.1 Å². The van der Waals surface area contributed by atoms with Crippen molar-refractivity contribution in [3.63, 3.8) is 0 Å². The van der Waals surface area contributed by atoms with E-state index in [4.69, 9.17) is 4.42 Å². The highest BCUT2D eigenvalue weighted by Gasteiger charge is 2.21. The quantitative estimate of drug-likeness (QED) is 0.827. The number of carbonyl (C=O) groups excluding carboxylic acids is 1. The van der Waals surface area contributed by atoms with Gasteiger partial charge in [0, 0.05) is 38.3 Å². The summed E-state index contributed by atoms with van der Waals surface area (Å²) in [4.78, 5) is 14.6. The molecule has 142 valence electrons. The van der Waals surface area contributed by atoms with Crippen LogP contribution in [0.1, 0.15) is 48.5 Å². The Kier molecular flexibility index (Phi) is 6.14. The molecule has 0 bridgehead atoms. The lowest BCUT2D eigenvalue weighted by Crippen LogP contribution is -2.35. The van der Waals surface area contributed by atoms with Crippen molar-refractivity contribution in [1.29, 1.82) is 0 Å². The summed E-state index contributed by atoms with van der Waals surface area (Å²) in [5, 5.41) is 7.39. The fourth-order valence-electron chi connectivity index (χ4n) is 3.76. The summed E-state index contributed by atoms with van der Waals surface area (Å²) < 4.78 is 7.37. The predicted molar refractivity (Wildman–Crippen MR) is 100 cm³/mol. The molecule has 1 atom stereocenters. The van der Waals surface area contributed by atoms with Gasteiger partial charge in [-0.2, -0.15) is 5.10 Å². The number of aryl methyl sites for hydroxylation is 3. The van der Waals surface area contributed by atoms with Crippen molar-refractivity contribution in [2.45, 2.75) is 52.6 Å². The van der Waals surface area contributed by atoms with Crippen molar-refractivity contribution in [3.05, 3.63) is 41.1 Å². The van der Waals surface area contributed by atoms with E-state index in [0.717, 1.165) is 43.3 Å². The minimum Gasteiger partial charge on any atom is -0.465 e. The van der Waals surface area contributed by atoms with Gasteiger partial charge in [-0.15, -0.1) is 0 Å². The van der Waals surface area contributed by atoms with E-state index < -0.39 is 0 Å². The molecule has 6 heteroatoms. The summed E-state index contributed by atoms with van der Waals surface area (Å²) in [5.41, 5.74) is 2.42. The maximum Gasteiger partial charge on any atom is 0.220 e. The van der Waals surface area contributed by atoms with E-state index in [1.54, 1.807) is 0 Å². The second-order valence-corrected chi connectivity index (χ2v) is 7.48. The van der Waals surface area contributed by atoms with E-state index in [9.17, 15) is 4.79 Å². The van der Waals surface area contributed by atoms with Crippen LogP contribution in [0.2, 0.25) is 0 Å². The summed E-state index contributed by atoms with van der Waals surface area (Å²) in [6, 6.07) is 3.83. The third-order valence-electron chi connectivity index (χ3n) is 5.15. The average molecular weight is 358 g/mol. The molecule has 1 amide bonds. The molecule has 2 aromatic rings. The zero-order valence-electron chi connectivity index (χ0n) is 16.1. The average Bonchev–Trinajstić information content (AvgIpc) is 3.16. The Balaban J connectivity index is 1.40. The lowest BCUT2D eigenvalue weighted by atomic mass is 9.93. The van der Waals surface area contributed by atoms with Crippen LogP contribution >= 0.6 is 0 Å². The third-order valence-corrected chi connectivity index (χ3v) is 5.15. The molecule has 1 aliphatic rings. The van der Waals surface area contributed by atoms with Crippen LogP contribution in [0, 0.1) is 19.8 Å². The number of likely N-dealkylation sites (tertiary alicyclic amines) is 1. The molecule has 1 N–H and O–H groups in total. The molecule has 0 aromatic carbocycles. The first kappa shape index (κ1) is 18.7. The summed E-state index contributed by atoms with van der Waals surface area (Å²) >= 11 is 0. The summed E-state index contributed by atoms with van der Waals surface area (Å²) in [7, 11) is 1.97. The zero-order valence-corrected chi connectivity index (χ0v) is 16.1. The zero-order chi connectivity index (χ0) is 18.5. The Morgan fingerprint density at radius 3 is 2.92 bits per heavy atom. The Hall–Kier alpha value is -2.08. The number of furan rings is 1. The van der Waals surface area contributed by atoms with Gasteiger partial charge >= 0.3 is 0 Å². The number of carbonyl (C=O) groups is 1. The SMILES string of the molecule is Cc1ccc(CNC(=O)CCC2CCCN(Cc3cn(C)nc3C)C2)o1. The van der Waals surface area contributed by atoms with Crippen LogP contribution in [0.4, 0.5) is 0 Å². The summed E-state index contributed by atoms with van der Waals surface area (Å²) in [6.07, 6.45) is 6.07. The molecule has 3 heterocycles. The first-order valence-electron chi connectivity index (χ1n) is 9.53. The molecular formula is C20H30N4O2. The van der Waals surface area contributed by atoms with E-state index in [-0.39, 0.29) is 5.91 Å². The van der Waals surface area contributed by atoms with Crippen molar-refractivity contribution in [3.8, 4) is 0 Å². The Morgan fingerprint density at radius 2 is 2.23 bits per heavy atom. The van der Waals surface area contributed by atoms with Gasteiger partial charge < -0.3 is 9.73 Å². The van der Waals surface area contributed by atoms with Crippen molar-refractivity contribution >= 4 is 5.91 Å². The summed E-state index contributed by atoms with van der Waals surface area (Å²) in [5.74, 6) is 2.39. The molecular weight excluding hydrogens is 328 g/mol. The number of aromatic nitrogens is 2. The van der Waals surface area contributed by atoms with Gasteiger partial charge in [-0.1, -0.05) is 0 Å². The minimum absolute atomic E-state index is 0.110. The molecule has 6 nitrogen and oxygen atoms in total. The second kappa shape index (κ2) is 8.54. The normalized spacial score (nSPS) is 18.2. The van der Waals surface area contributed by atoms with Gasteiger partial charge in [-0.05, 0) is 57.7 Å². The number of piperidine rings is 1. The first-order valence-corrected chi connectivity index (χ1v) is 9.53. The molecule has 1 fully saturated rings. The molecule has 0 radical (unpaired) electrons. The number of nitrogens with one attached hydrogen (secondary N) is 1. The number of hydrogen-bond donors (Lipinski definition) is 1. The smallest absolute Gasteiger partial charge is 0.220 e. The maximum absolute atomic E-state index is 12.1. The molecule has 26 heavy (non-hydrogen) atoms. The fourth-order valence-corrected chi connectivity index (χ4v) is 3.76. The van der Waals surface area contributed by atoms with E-state index in [2.05, 4.69) is 28.4 Å². The molecule has 0 aliphatic carbocycles. The monoisotopic (exact) mass is 358 g/mol. The topological polar surface area (TPSA) is 63.3 Å². The highest BCUT2D eigenvalue weighted by Crippen LogP contribution is 2.23. The molecule has 1 saturated heterocycles. The van der Waals surface area contributed by atoms with E-state index in [1.165, 1.54) is 18.4 Å². The largest absolute Gasteiger partial charge is 0.465 e. The predicted octanol–water partition coefficient (Wildman–Crippen LogP) is 2.94. The van der Waals surface area contributed by atoms with Gasteiger partial charge in [0.05, 0.1) is 12.2 Å². The number of nitrogens with zero attached hydrogens (tertiary/aromatic N) is 3. The van der Waals surface area contributed by atoms with E-state index in [1.807, 2.05) is 30.8 Å². The van der Waals surface area contributed by atoms with Gasteiger partial charge in [0.1, 0.15) is 11.5 Å². The van der Waals surface area contributed by atoms with Crippen LogP contribution in [-0.4, -0.2) is 33.7 Å². The van der Waals surface area contributed by atoms with Gasteiger partial charge in [0.25, 0.3) is 0 Å². The second-order valence-electron chi connectivity index (χ2n) is 7.48. The van der Waals surface area contributed by atoms with E-state index >= 15 is 0 Å². The third kappa shape index (κ3) is 5.21. The van der Waals surface area contributed by atoms with Crippen LogP contribution < -0.4 is 5.32 Å². The molecule has 2 aromatic heterocycles. The van der Waals surface area contributed by atoms with Crippen molar-refractivity contribution in [1.82, 2.24) is 20.0 Å². The highest BCUT2D eigenvalue weighted by atomic mass is 16.3. The van der Waals surface area contributed by atoms with Gasteiger partial charge in [-0.3, -0.25) is 14.4 Å². The Morgan fingerprint density at radius 1 is 1.38 bits per heavy atom. The van der Waals surface area contributed by atoms with Crippen LogP contribution in [0.25, 0.3) is 0 Å². The standard InChI is InChI=1S/C20H30N4O2/c1-15-6-8-19(26-15)11-21-20(25)9-7-17-5-4-10-24(12-17)14-18-13-23(3)22-16(18)2/h6,8,13,17H,4-5,7,9-12,14H2,1-3H3,(H,21,25). The highest BCUT2D eigenvalue weighted by molar-refractivity contribution is 5.75. The van der Waals surface area contributed by atoms with Gasteiger partial charge in [0.15, 0.2) is 0 Å². The lowest BCUT2D eigenvalue weighted by Gasteiger charge is -2.32. The summed E-state index contributed by atoms with van der Waals surface area (Å²) in [6.45, 7) is 7.62. The van der Waals surface area contributed by atoms with Crippen LogP contribution in [0.3, 0.4) is 0 Å². The van der Waals surface area contributed by atoms with Gasteiger partial charge in [0.2, 0.25) is 5.91 Å². The molecule has 1 aliphatic heterocycles. The molecule has 1 unspecified atom stereocenters. The number of hydrogen-bond acceptors (Lipinski definition) is 4. The molecule has 3 rings (SSSR count). The fraction of sp³-hybridized carbons (Fsp3) is 0.600. The number of rotatable bonds is 7. The Bertz CT molecular complexity index is 734. The number of amides is 1. The lowest BCUT2D eigenvalue weighted by molar-refractivity contribution is -0.121.